The SMILES string of the molecule is [Cl-].c1ccc(-c2ccc(-c3nn(-c4ccccc4)[n+](-c4ccccc4)n3)cc2)cc1. The first kappa shape index (κ1) is 19.6. The molecule has 0 aliphatic heterocycles. The fourth-order valence-electron chi connectivity index (χ4n) is 3.30. The maximum Gasteiger partial charge on any atom is 0.340 e. The molecule has 0 radical (unpaired) electrons. The minimum atomic E-state index is 0. The van der Waals surface area contributed by atoms with Gasteiger partial charge in [0.2, 0.25) is 0 Å². The van der Waals surface area contributed by atoms with Gasteiger partial charge in [-0.15, -0.1) is 0 Å². The third kappa shape index (κ3) is 3.86. The van der Waals surface area contributed by atoms with Gasteiger partial charge in [0.05, 0.1) is 10.7 Å². The standard InChI is InChI=1S/C25H19N4.ClH/c1-4-10-20(11-5-1)21-16-18-22(19-17-21)25-26-28(23-12-6-2-7-13-23)29(27-25)24-14-8-3-9-15-24;/h1-19H;1H/q+1;/p-1. The van der Waals surface area contributed by atoms with E-state index in [-0.39, 0.29) is 12.4 Å². The first-order chi connectivity index (χ1) is 14.4. The molecule has 0 bridgehead atoms. The van der Waals surface area contributed by atoms with Crippen molar-refractivity contribution in [3.05, 3.63) is 115 Å². The summed E-state index contributed by atoms with van der Waals surface area (Å²) in [5.41, 5.74) is 5.25. The number of para-hydroxylation sites is 2. The highest BCUT2D eigenvalue weighted by molar-refractivity contribution is 5.67. The average molecular weight is 411 g/mol. The van der Waals surface area contributed by atoms with Crippen molar-refractivity contribution in [2.75, 3.05) is 0 Å². The van der Waals surface area contributed by atoms with E-state index in [9.17, 15) is 0 Å². The molecule has 0 atom stereocenters. The number of rotatable bonds is 4. The Morgan fingerprint density at radius 1 is 0.533 bits per heavy atom. The molecule has 0 fully saturated rings. The van der Waals surface area contributed by atoms with Crippen LogP contribution in [0.25, 0.3) is 33.9 Å². The van der Waals surface area contributed by atoms with E-state index in [0.29, 0.717) is 5.82 Å². The van der Waals surface area contributed by atoms with E-state index in [1.54, 1.807) is 0 Å². The van der Waals surface area contributed by atoms with Gasteiger partial charge in [0.15, 0.2) is 5.69 Å². The van der Waals surface area contributed by atoms with Crippen LogP contribution in [0, 0.1) is 0 Å². The molecule has 0 saturated heterocycles. The molecule has 5 aromatic rings. The molecule has 146 valence electrons. The highest BCUT2D eigenvalue weighted by Gasteiger charge is 2.23. The van der Waals surface area contributed by atoms with Gasteiger partial charge in [-0.05, 0) is 57.4 Å². The zero-order valence-corrected chi connectivity index (χ0v) is 16.9. The number of tetrazole rings is 1. The Balaban J connectivity index is 0.00000218. The predicted molar refractivity (Wildman–Crippen MR) is 114 cm³/mol. The normalized spacial score (nSPS) is 10.4. The molecular formula is C25H19ClN4. The van der Waals surface area contributed by atoms with Gasteiger partial charge in [0.1, 0.15) is 5.69 Å². The summed E-state index contributed by atoms with van der Waals surface area (Å²) in [6, 6.07) is 38.8. The largest absolute Gasteiger partial charge is 1.00 e. The van der Waals surface area contributed by atoms with Gasteiger partial charge < -0.3 is 12.4 Å². The fourth-order valence-corrected chi connectivity index (χ4v) is 3.30. The maximum absolute atomic E-state index is 4.80. The second-order valence-electron chi connectivity index (χ2n) is 6.72. The smallest absolute Gasteiger partial charge is 0.340 e. The zero-order valence-electron chi connectivity index (χ0n) is 16.1. The summed E-state index contributed by atoms with van der Waals surface area (Å²) in [6.07, 6.45) is 0. The molecule has 0 aliphatic rings. The van der Waals surface area contributed by atoms with E-state index in [1.165, 1.54) is 11.1 Å². The molecule has 4 nitrogen and oxygen atoms in total. The van der Waals surface area contributed by atoms with Crippen LogP contribution in [0.15, 0.2) is 115 Å². The molecule has 1 heterocycles. The molecule has 4 aromatic carbocycles. The molecule has 30 heavy (non-hydrogen) atoms. The number of hydrogen-bond acceptors (Lipinski definition) is 2. The van der Waals surface area contributed by atoms with Crippen molar-refractivity contribution in [1.29, 1.82) is 0 Å². The fraction of sp³-hybridized carbons (Fsp3) is 0. The average Bonchev–Trinajstić information content (AvgIpc) is 3.27. The Morgan fingerprint density at radius 2 is 1.03 bits per heavy atom. The first-order valence-corrected chi connectivity index (χ1v) is 9.55. The van der Waals surface area contributed by atoms with Crippen LogP contribution in [0.3, 0.4) is 0 Å². The summed E-state index contributed by atoms with van der Waals surface area (Å²) < 4.78 is 0. The highest BCUT2D eigenvalue weighted by Crippen LogP contribution is 2.22. The van der Waals surface area contributed by atoms with Gasteiger partial charge in [-0.1, -0.05) is 78.9 Å². The minimum Gasteiger partial charge on any atom is -1.00 e. The summed E-state index contributed by atoms with van der Waals surface area (Å²) in [4.78, 5) is 3.66. The Morgan fingerprint density at radius 3 is 1.67 bits per heavy atom. The van der Waals surface area contributed by atoms with Crippen LogP contribution in [0.1, 0.15) is 0 Å². The Labute approximate surface area is 181 Å². The number of nitrogens with zero attached hydrogens (tertiary/aromatic N) is 4. The Hall–Kier alpha value is -3.76. The number of halogens is 1. The number of hydrogen-bond donors (Lipinski definition) is 0. The summed E-state index contributed by atoms with van der Waals surface area (Å²) >= 11 is 0. The molecule has 5 heteroatoms. The van der Waals surface area contributed by atoms with Crippen LogP contribution in [0.5, 0.6) is 0 Å². The molecule has 1 aromatic heterocycles. The molecule has 0 spiro atoms. The Kier molecular flexibility index (Phi) is 5.68. The third-order valence-corrected chi connectivity index (χ3v) is 4.78. The van der Waals surface area contributed by atoms with Gasteiger partial charge in [0, 0.05) is 4.80 Å². The van der Waals surface area contributed by atoms with Gasteiger partial charge in [-0.2, -0.15) is 0 Å². The van der Waals surface area contributed by atoms with E-state index in [0.717, 1.165) is 16.9 Å². The second kappa shape index (κ2) is 8.72. The summed E-state index contributed by atoms with van der Waals surface area (Å²) in [6.45, 7) is 0. The van der Waals surface area contributed by atoms with Crippen molar-refractivity contribution in [2.24, 2.45) is 0 Å². The van der Waals surface area contributed by atoms with Crippen molar-refractivity contribution in [3.8, 4) is 33.9 Å². The van der Waals surface area contributed by atoms with Crippen molar-refractivity contribution >= 4 is 0 Å². The first-order valence-electron chi connectivity index (χ1n) is 9.55. The summed E-state index contributed by atoms with van der Waals surface area (Å²) in [7, 11) is 0. The molecule has 0 amide bonds. The van der Waals surface area contributed by atoms with Crippen LogP contribution in [-0.2, 0) is 0 Å². The topological polar surface area (TPSA) is 34.6 Å². The van der Waals surface area contributed by atoms with E-state index in [1.807, 2.05) is 76.3 Å². The monoisotopic (exact) mass is 410 g/mol. The van der Waals surface area contributed by atoms with Crippen LogP contribution < -0.4 is 17.2 Å². The second-order valence-corrected chi connectivity index (χ2v) is 6.72. The lowest BCUT2D eigenvalue weighted by atomic mass is 10.0. The van der Waals surface area contributed by atoms with Crippen molar-refractivity contribution in [2.45, 2.75) is 0 Å². The van der Waals surface area contributed by atoms with Crippen molar-refractivity contribution in [1.82, 2.24) is 15.0 Å². The van der Waals surface area contributed by atoms with Gasteiger partial charge in [0.25, 0.3) is 0 Å². The van der Waals surface area contributed by atoms with E-state index in [4.69, 9.17) is 10.2 Å². The van der Waals surface area contributed by atoms with E-state index in [2.05, 4.69) is 48.5 Å². The van der Waals surface area contributed by atoms with Crippen LogP contribution in [0.2, 0.25) is 0 Å². The summed E-state index contributed by atoms with van der Waals surface area (Å²) in [5.74, 6) is 0.678. The molecule has 0 aliphatic carbocycles. The lowest BCUT2D eigenvalue weighted by Gasteiger charge is -2.00. The van der Waals surface area contributed by atoms with E-state index >= 15 is 0 Å². The number of benzene rings is 4. The zero-order chi connectivity index (χ0) is 19.5. The maximum atomic E-state index is 4.80. The lowest BCUT2D eigenvalue weighted by molar-refractivity contribution is -0.734. The molecule has 5 rings (SSSR count). The molecular weight excluding hydrogens is 392 g/mol. The third-order valence-electron chi connectivity index (χ3n) is 4.78. The van der Waals surface area contributed by atoms with E-state index < -0.39 is 0 Å². The highest BCUT2D eigenvalue weighted by atomic mass is 35.5. The summed E-state index contributed by atoms with van der Waals surface area (Å²) in [5, 5.41) is 9.60. The number of aromatic nitrogens is 4. The van der Waals surface area contributed by atoms with Crippen LogP contribution in [-0.4, -0.2) is 15.0 Å². The molecule has 0 saturated carbocycles. The molecule has 0 N–H and O–H groups in total. The van der Waals surface area contributed by atoms with Crippen molar-refractivity contribution < 1.29 is 17.2 Å². The van der Waals surface area contributed by atoms with Crippen LogP contribution in [0.4, 0.5) is 0 Å². The van der Waals surface area contributed by atoms with Gasteiger partial charge in [-0.3, -0.25) is 0 Å². The van der Waals surface area contributed by atoms with Crippen LogP contribution >= 0.6 is 0 Å². The predicted octanol–water partition coefficient (Wildman–Crippen LogP) is 1.88. The van der Waals surface area contributed by atoms with Gasteiger partial charge in [-0.25, -0.2) is 0 Å². The lowest BCUT2D eigenvalue weighted by Crippen LogP contribution is -3.00. The van der Waals surface area contributed by atoms with Gasteiger partial charge >= 0.3 is 5.82 Å². The quantitative estimate of drug-likeness (QED) is 0.424. The van der Waals surface area contributed by atoms with Crippen molar-refractivity contribution in [3.63, 3.8) is 0 Å². The minimum absolute atomic E-state index is 0. The Bertz CT molecular complexity index is 1160. The molecule has 0 unspecified atom stereocenters.